The molecular weight excluding hydrogens is 548 g/mol. The predicted octanol–water partition coefficient (Wildman–Crippen LogP) is 6.83. The normalized spacial score (nSPS) is 40.9. The Bertz CT molecular complexity index is 843. The molecule has 0 amide bonds. The van der Waals surface area contributed by atoms with Crippen LogP contribution in [0.5, 0.6) is 0 Å². The lowest BCUT2D eigenvalue weighted by Gasteiger charge is -2.76. The van der Waals surface area contributed by atoms with Crippen molar-refractivity contribution < 1.29 is 87.8 Å². The average molecular weight is 554 g/mol. The van der Waals surface area contributed by atoms with E-state index in [0.717, 1.165) is 0 Å². The van der Waals surface area contributed by atoms with Crippen molar-refractivity contribution >= 4 is 0 Å². The van der Waals surface area contributed by atoms with Gasteiger partial charge in [0.05, 0.1) is 0 Å². The van der Waals surface area contributed by atoms with Crippen molar-refractivity contribution in [3.63, 3.8) is 0 Å². The predicted molar refractivity (Wildman–Crippen MR) is 66.3 cm³/mol. The van der Waals surface area contributed by atoms with E-state index in [1.54, 1.807) is 0 Å². The molecule has 20 heteroatoms. The third kappa shape index (κ3) is 2.23. The summed E-state index contributed by atoms with van der Waals surface area (Å²) in [6.07, 6.45) is -12.3. The number of fused-ring (bicyclic) bond motifs is 1. The zero-order chi connectivity index (χ0) is 27.6. The fourth-order valence-electron chi connectivity index (χ4n) is 4.55. The molecule has 0 radical (unpaired) electrons. The summed E-state index contributed by atoms with van der Waals surface area (Å²) in [5.74, 6) is -46.7. The Kier molecular flexibility index (Phi) is 5.49. The highest BCUT2D eigenvalue weighted by Crippen LogP contribution is 2.88. The number of halogens is 20. The number of rotatable bonds is 5. The third-order valence-corrected chi connectivity index (χ3v) is 6.19. The quantitative estimate of drug-likeness (QED) is 0.327. The molecule has 2 aliphatic rings. The highest BCUT2D eigenvalue weighted by molar-refractivity contribution is 5.50. The van der Waals surface area contributed by atoms with Gasteiger partial charge in [-0.2, -0.15) is 65.9 Å². The smallest absolute Gasteiger partial charge is 0.247 e. The molecule has 202 valence electrons. The Morgan fingerprint density at radius 3 is 1.24 bits per heavy atom. The molecular formula is C14H6F20. The highest BCUT2D eigenvalue weighted by atomic mass is 19.4. The molecule has 0 N–H and O–H groups in total. The van der Waals surface area contributed by atoms with Crippen LogP contribution in [0.15, 0.2) is 0 Å². The third-order valence-electron chi connectivity index (χ3n) is 6.19. The van der Waals surface area contributed by atoms with E-state index in [9.17, 15) is 79.0 Å². The van der Waals surface area contributed by atoms with Crippen molar-refractivity contribution in [3.05, 3.63) is 0 Å². The first-order valence-corrected chi connectivity index (χ1v) is 8.10. The van der Waals surface area contributed by atoms with E-state index in [0.29, 0.717) is 0 Å². The molecule has 0 aromatic rings. The zero-order valence-corrected chi connectivity index (χ0v) is 15.2. The molecule has 0 bridgehead atoms. The van der Waals surface area contributed by atoms with E-state index in [4.69, 9.17) is 0 Å². The summed E-state index contributed by atoms with van der Waals surface area (Å²) in [5, 5.41) is 0. The topological polar surface area (TPSA) is 0 Å². The van der Waals surface area contributed by atoms with Gasteiger partial charge in [0.25, 0.3) is 5.67 Å². The second kappa shape index (κ2) is 6.47. The van der Waals surface area contributed by atoms with Gasteiger partial charge in [0.2, 0.25) is 5.67 Å². The number of hydrogen-bond donors (Lipinski definition) is 0. The second-order valence-corrected chi connectivity index (χ2v) is 7.67. The Morgan fingerprint density at radius 2 is 0.912 bits per heavy atom. The van der Waals surface area contributed by atoms with Crippen LogP contribution in [0.2, 0.25) is 0 Å². The molecule has 0 unspecified atom stereocenters. The van der Waals surface area contributed by atoms with E-state index in [1.165, 1.54) is 0 Å². The molecule has 0 spiro atoms. The van der Waals surface area contributed by atoms with E-state index < -0.39 is 83.9 Å². The van der Waals surface area contributed by atoms with E-state index in [2.05, 4.69) is 0 Å². The molecule has 2 rings (SSSR count). The lowest BCUT2D eigenvalue weighted by Crippen LogP contribution is -3.04. The molecule has 0 heterocycles. The Balaban J connectivity index is 3.23. The summed E-state index contributed by atoms with van der Waals surface area (Å²) in [6.45, 7) is -8.32. The van der Waals surface area contributed by atoms with Gasteiger partial charge in [0, 0.05) is 6.42 Å². The lowest BCUT2D eigenvalue weighted by molar-refractivity contribution is -0.567. The van der Waals surface area contributed by atoms with Crippen molar-refractivity contribution in [2.45, 2.75) is 65.1 Å². The molecule has 0 saturated heterocycles. The molecule has 2 saturated carbocycles. The van der Waals surface area contributed by atoms with E-state index in [1.807, 2.05) is 0 Å². The SMILES string of the molecule is FCC(F)(F)[C@@]1(F)[C@](F)(CF)[C@]2(CC(F)(F)C(F)(F)F)C(F)(F)C(F)(F)C(F)(F)C(F)(F)[C@@]12F. The Morgan fingerprint density at radius 1 is 0.529 bits per heavy atom. The Labute approximate surface area is 173 Å². The minimum Gasteiger partial charge on any atom is -0.247 e. The first-order valence-electron chi connectivity index (χ1n) is 8.10. The maximum absolute atomic E-state index is 15.3. The van der Waals surface area contributed by atoms with Gasteiger partial charge in [-0.25, -0.2) is 22.0 Å². The van der Waals surface area contributed by atoms with Crippen LogP contribution in [0.3, 0.4) is 0 Å². The van der Waals surface area contributed by atoms with Gasteiger partial charge < -0.3 is 0 Å². The van der Waals surface area contributed by atoms with Crippen LogP contribution < -0.4 is 0 Å². The highest BCUT2D eigenvalue weighted by Gasteiger charge is 3.16. The van der Waals surface area contributed by atoms with Crippen LogP contribution in [-0.2, 0) is 0 Å². The van der Waals surface area contributed by atoms with Crippen LogP contribution in [0.1, 0.15) is 6.42 Å². The molecule has 0 aromatic carbocycles. The van der Waals surface area contributed by atoms with Crippen molar-refractivity contribution in [2.75, 3.05) is 13.3 Å². The molecule has 0 aliphatic heterocycles. The maximum Gasteiger partial charge on any atom is 0.453 e. The van der Waals surface area contributed by atoms with Gasteiger partial charge in [0.15, 0.2) is 12.3 Å². The van der Waals surface area contributed by atoms with Crippen LogP contribution in [-0.4, -0.2) is 72.1 Å². The van der Waals surface area contributed by atoms with E-state index >= 15 is 8.78 Å². The first kappa shape index (κ1) is 28.8. The van der Waals surface area contributed by atoms with Crippen LogP contribution >= 0.6 is 0 Å². The van der Waals surface area contributed by atoms with Crippen molar-refractivity contribution in [2.24, 2.45) is 5.41 Å². The first-order chi connectivity index (χ1) is 14.6. The van der Waals surface area contributed by atoms with Gasteiger partial charge in [0.1, 0.15) is 12.1 Å². The molecule has 2 fully saturated rings. The molecule has 2 aliphatic carbocycles. The van der Waals surface area contributed by atoms with Gasteiger partial charge in [-0.15, -0.1) is 0 Å². The van der Waals surface area contributed by atoms with Crippen molar-refractivity contribution in [1.29, 1.82) is 0 Å². The fourth-order valence-corrected chi connectivity index (χ4v) is 4.55. The monoisotopic (exact) mass is 554 g/mol. The van der Waals surface area contributed by atoms with Crippen molar-refractivity contribution in [3.8, 4) is 0 Å². The molecule has 4 atom stereocenters. The largest absolute Gasteiger partial charge is 0.453 e. The van der Waals surface area contributed by atoms with Gasteiger partial charge in [-0.05, 0) is 0 Å². The minimum absolute atomic E-state index is 4.05. The summed E-state index contributed by atoms with van der Waals surface area (Å²) < 4.78 is 275. The standard InChI is InChI=1S/C14H6F20/c15-2-5(17)4(1-6(18,19)14(32,33)34)8(22,9(5,23)7(20,21)3-16)11(26,27)13(30,31)12(28,29)10(4,24)25/h1-3H2/t4-,5-,8-,9-/m0/s1. The number of hydrogen-bond acceptors (Lipinski definition) is 0. The van der Waals surface area contributed by atoms with Gasteiger partial charge >= 0.3 is 41.7 Å². The number of alkyl halides is 20. The van der Waals surface area contributed by atoms with Crippen molar-refractivity contribution in [1.82, 2.24) is 0 Å². The minimum atomic E-state index is -8.19. The maximum atomic E-state index is 15.3. The van der Waals surface area contributed by atoms with Gasteiger partial charge in [-0.1, -0.05) is 0 Å². The van der Waals surface area contributed by atoms with Crippen LogP contribution in [0.25, 0.3) is 0 Å². The molecule has 0 nitrogen and oxygen atoms in total. The summed E-state index contributed by atoms with van der Waals surface area (Å²) in [7, 11) is 0. The zero-order valence-electron chi connectivity index (χ0n) is 15.2. The van der Waals surface area contributed by atoms with Crippen LogP contribution in [0.4, 0.5) is 87.8 Å². The average Bonchev–Trinajstić information content (AvgIpc) is 2.67. The summed E-state index contributed by atoms with van der Waals surface area (Å²) in [5.41, 5.74) is -29.6. The summed E-state index contributed by atoms with van der Waals surface area (Å²) >= 11 is 0. The molecule has 0 aromatic heterocycles. The Hall–Kier alpha value is -1.40. The lowest BCUT2D eigenvalue weighted by atomic mass is 9.32. The summed E-state index contributed by atoms with van der Waals surface area (Å²) in [6, 6.07) is 0. The fraction of sp³-hybridized carbons (Fsp3) is 1.00. The van der Waals surface area contributed by atoms with Crippen LogP contribution in [0, 0.1) is 5.41 Å². The second-order valence-electron chi connectivity index (χ2n) is 7.67. The van der Waals surface area contributed by atoms with E-state index in [-0.39, 0.29) is 0 Å². The summed E-state index contributed by atoms with van der Waals surface area (Å²) in [4.78, 5) is 0. The van der Waals surface area contributed by atoms with Gasteiger partial charge in [-0.3, -0.25) is 0 Å². The molecule has 34 heavy (non-hydrogen) atoms.